The van der Waals surface area contributed by atoms with Crippen molar-refractivity contribution in [1.29, 1.82) is 5.26 Å². The van der Waals surface area contributed by atoms with Gasteiger partial charge in [0, 0.05) is 45.2 Å². The van der Waals surface area contributed by atoms with Gasteiger partial charge in [0.15, 0.2) is 5.76 Å². The third-order valence-corrected chi connectivity index (χ3v) is 6.27. The van der Waals surface area contributed by atoms with Crippen LogP contribution in [-0.4, -0.2) is 55.1 Å². The molecule has 0 aliphatic carbocycles. The van der Waals surface area contributed by atoms with Gasteiger partial charge in [-0.3, -0.25) is 4.79 Å². The minimum absolute atomic E-state index is 0.00606. The lowest BCUT2D eigenvalue weighted by Crippen LogP contribution is -2.45. The van der Waals surface area contributed by atoms with Crippen molar-refractivity contribution in [3.63, 3.8) is 0 Å². The fourth-order valence-corrected chi connectivity index (χ4v) is 4.91. The molecule has 0 bridgehead atoms. The van der Waals surface area contributed by atoms with Crippen molar-refractivity contribution in [3.05, 3.63) is 24.1 Å². The van der Waals surface area contributed by atoms with E-state index in [4.69, 9.17) is 8.83 Å². The lowest BCUT2D eigenvalue weighted by atomic mass is 9.92. The summed E-state index contributed by atoms with van der Waals surface area (Å²) >= 11 is 0. The number of piperidine rings is 2. The summed E-state index contributed by atoms with van der Waals surface area (Å²) in [6, 6.07) is 5.60. The van der Waals surface area contributed by atoms with Crippen LogP contribution in [0.5, 0.6) is 0 Å². The zero-order chi connectivity index (χ0) is 21.8. The normalized spacial score (nSPS) is 22.9. The number of hydrogen-bond donors (Lipinski definition) is 1. The Morgan fingerprint density at radius 1 is 1.29 bits per heavy atom. The Hall–Kier alpha value is -2.79. The van der Waals surface area contributed by atoms with Gasteiger partial charge in [-0.15, -0.1) is 0 Å². The smallest absolute Gasteiger partial charge is 0.266 e. The van der Waals surface area contributed by atoms with E-state index < -0.39 is 0 Å². The second-order valence-corrected chi connectivity index (χ2v) is 9.02. The Morgan fingerprint density at radius 3 is 2.68 bits per heavy atom. The summed E-state index contributed by atoms with van der Waals surface area (Å²) in [6.07, 6.45) is 4.29. The van der Waals surface area contributed by atoms with Gasteiger partial charge in [-0.2, -0.15) is 10.2 Å². The number of oxazole rings is 1. The average molecular weight is 426 g/mol. The van der Waals surface area contributed by atoms with Crippen molar-refractivity contribution >= 4 is 11.8 Å². The molecule has 4 rings (SSSR count). The molecule has 31 heavy (non-hydrogen) atoms. The summed E-state index contributed by atoms with van der Waals surface area (Å²) < 4.78 is 11.1. The second kappa shape index (κ2) is 9.56. The number of nitrogens with one attached hydrogen (secondary N) is 1. The van der Waals surface area contributed by atoms with Crippen LogP contribution in [0.2, 0.25) is 0 Å². The molecular weight excluding hydrogens is 394 g/mol. The predicted molar refractivity (Wildman–Crippen MR) is 116 cm³/mol. The van der Waals surface area contributed by atoms with E-state index in [0.29, 0.717) is 37.2 Å². The number of carbonyl (C=O) groups is 1. The number of nitrogens with zero attached hydrogens (tertiary/aromatic N) is 4. The van der Waals surface area contributed by atoms with E-state index in [1.165, 1.54) is 6.42 Å². The molecule has 0 saturated carbocycles. The van der Waals surface area contributed by atoms with Crippen LogP contribution in [0.4, 0.5) is 5.88 Å². The number of carbonyl (C=O) groups excluding carboxylic acids is 1. The highest BCUT2D eigenvalue weighted by molar-refractivity contribution is 5.79. The Labute approximate surface area is 183 Å². The van der Waals surface area contributed by atoms with Gasteiger partial charge in [0.2, 0.25) is 17.5 Å². The maximum atomic E-state index is 12.6. The van der Waals surface area contributed by atoms with E-state index in [-0.39, 0.29) is 17.5 Å². The zero-order valence-corrected chi connectivity index (χ0v) is 18.3. The van der Waals surface area contributed by atoms with Crippen LogP contribution in [-0.2, 0) is 4.79 Å². The van der Waals surface area contributed by atoms with E-state index in [0.717, 1.165) is 44.3 Å². The first kappa shape index (κ1) is 21.4. The first-order chi connectivity index (χ1) is 15.0. The Balaban J connectivity index is 1.26. The topological polar surface area (TPSA) is 98.5 Å². The van der Waals surface area contributed by atoms with Crippen molar-refractivity contribution in [2.75, 3.05) is 44.2 Å². The van der Waals surface area contributed by atoms with Gasteiger partial charge in [-0.25, -0.2) is 0 Å². The van der Waals surface area contributed by atoms with Gasteiger partial charge in [0.05, 0.1) is 6.26 Å². The molecule has 8 heteroatoms. The van der Waals surface area contributed by atoms with Crippen molar-refractivity contribution in [1.82, 2.24) is 15.2 Å². The first-order valence-electron chi connectivity index (χ1n) is 11.2. The van der Waals surface area contributed by atoms with E-state index in [1.54, 1.807) is 18.4 Å². The molecule has 2 aliphatic rings. The van der Waals surface area contributed by atoms with Crippen molar-refractivity contribution in [2.45, 2.75) is 33.1 Å². The number of likely N-dealkylation sites (tertiary alicyclic amines) is 1. The predicted octanol–water partition coefficient (Wildman–Crippen LogP) is 3.12. The van der Waals surface area contributed by atoms with Gasteiger partial charge < -0.3 is 24.0 Å². The number of amides is 1. The molecule has 8 nitrogen and oxygen atoms in total. The molecule has 2 saturated heterocycles. The summed E-state index contributed by atoms with van der Waals surface area (Å²) in [4.78, 5) is 21.4. The standard InChI is InChI=1S/C23H31N5O3/c1-16-12-17(2)15-27(14-16)10-7-25-21(29)18-5-8-28(9-6-18)23-19(13-24)26-22(31-23)20-4-3-11-30-20/h3-4,11,16-18H,5-10,12,14-15H2,1-2H3,(H,25,29). The quantitative estimate of drug-likeness (QED) is 0.759. The monoisotopic (exact) mass is 425 g/mol. The van der Waals surface area contributed by atoms with Crippen LogP contribution in [0, 0.1) is 29.1 Å². The molecule has 2 fully saturated rings. The Bertz CT molecular complexity index is 898. The summed E-state index contributed by atoms with van der Waals surface area (Å²) in [5.41, 5.74) is 0.249. The maximum absolute atomic E-state index is 12.6. The van der Waals surface area contributed by atoms with E-state index in [1.807, 2.05) is 4.90 Å². The number of nitriles is 1. The average Bonchev–Trinajstić information content (AvgIpc) is 3.43. The number of furan rings is 1. The summed E-state index contributed by atoms with van der Waals surface area (Å²) in [5.74, 6) is 2.84. The molecule has 2 unspecified atom stereocenters. The first-order valence-corrected chi connectivity index (χ1v) is 11.2. The highest BCUT2D eigenvalue weighted by Gasteiger charge is 2.29. The molecule has 2 aromatic heterocycles. The van der Waals surface area contributed by atoms with Crippen LogP contribution in [0.3, 0.4) is 0 Å². The molecule has 1 N–H and O–H groups in total. The minimum atomic E-state index is -0.00606. The largest absolute Gasteiger partial charge is 0.459 e. The van der Waals surface area contributed by atoms with Crippen LogP contribution in [0.1, 0.15) is 38.8 Å². The number of hydrogen-bond acceptors (Lipinski definition) is 7. The maximum Gasteiger partial charge on any atom is 0.266 e. The van der Waals surface area contributed by atoms with E-state index >= 15 is 0 Å². The molecule has 166 valence electrons. The molecule has 0 aromatic carbocycles. The van der Waals surface area contributed by atoms with Crippen LogP contribution < -0.4 is 10.2 Å². The van der Waals surface area contributed by atoms with Gasteiger partial charge >= 0.3 is 0 Å². The molecule has 2 atom stereocenters. The number of anilines is 1. The number of aromatic nitrogens is 1. The molecule has 0 radical (unpaired) electrons. The van der Waals surface area contributed by atoms with Gasteiger partial charge in [0.1, 0.15) is 6.07 Å². The lowest BCUT2D eigenvalue weighted by molar-refractivity contribution is -0.125. The Kier molecular flexibility index (Phi) is 6.62. The van der Waals surface area contributed by atoms with E-state index in [9.17, 15) is 10.1 Å². The SMILES string of the molecule is CC1CC(C)CN(CCNC(=O)C2CCN(c3oc(-c4ccco4)nc3C#N)CC2)C1. The summed E-state index contributed by atoms with van der Waals surface area (Å²) in [6.45, 7) is 9.78. The summed E-state index contributed by atoms with van der Waals surface area (Å²) in [7, 11) is 0. The second-order valence-electron chi connectivity index (χ2n) is 9.02. The third-order valence-electron chi connectivity index (χ3n) is 6.27. The molecule has 2 aromatic rings. The lowest BCUT2D eigenvalue weighted by Gasteiger charge is -2.35. The molecular formula is C23H31N5O3. The molecule has 0 spiro atoms. The zero-order valence-electron chi connectivity index (χ0n) is 18.3. The van der Waals surface area contributed by atoms with Crippen LogP contribution in [0.25, 0.3) is 11.7 Å². The van der Waals surface area contributed by atoms with Crippen LogP contribution in [0.15, 0.2) is 27.2 Å². The highest BCUT2D eigenvalue weighted by atomic mass is 16.4. The van der Waals surface area contributed by atoms with Crippen LogP contribution >= 0.6 is 0 Å². The number of rotatable bonds is 6. The van der Waals surface area contributed by atoms with Crippen molar-refractivity contribution in [3.8, 4) is 17.7 Å². The highest BCUT2D eigenvalue weighted by Crippen LogP contribution is 2.31. The van der Waals surface area contributed by atoms with Gasteiger partial charge in [-0.05, 0) is 43.2 Å². The van der Waals surface area contributed by atoms with Gasteiger partial charge in [0.25, 0.3) is 5.89 Å². The van der Waals surface area contributed by atoms with Crippen molar-refractivity contribution < 1.29 is 13.6 Å². The Morgan fingerprint density at radius 2 is 2.03 bits per heavy atom. The molecule has 4 heterocycles. The molecule has 2 aliphatic heterocycles. The third kappa shape index (κ3) is 5.10. The fraction of sp³-hybridized carbons (Fsp3) is 0.609. The van der Waals surface area contributed by atoms with Gasteiger partial charge in [-0.1, -0.05) is 13.8 Å². The fourth-order valence-electron chi connectivity index (χ4n) is 4.91. The molecule has 1 amide bonds. The van der Waals surface area contributed by atoms with E-state index in [2.05, 4.69) is 35.1 Å². The minimum Gasteiger partial charge on any atom is -0.459 e. The van der Waals surface area contributed by atoms with Crippen molar-refractivity contribution in [2.24, 2.45) is 17.8 Å². The summed E-state index contributed by atoms with van der Waals surface area (Å²) in [5, 5.41) is 12.6.